The van der Waals surface area contributed by atoms with Crippen LogP contribution in [0.3, 0.4) is 0 Å². The molecule has 1 amide bonds. The van der Waals surface area contributed by atoms with Crippen LogP contribution in [-0.2, 0) is 6.61 Å². The highest BCUT2D eigenvalue weighted by molar-refractivity contribution is 7.12. The van der Waals surface area contributed by atoms with E-state index in [0.29, 0.717) is 15.6 Å². The molecule has 1 aromatic heterocycles. The van der Waals surface area contributed by atoms with Crippen LogP contribution in [0.5, 0.6) is 5.75 Å². The summed E-state index contributed by atoms with van der Waals surface area (Å²) in [5.41, 5.74) is 0.571. The third-order valence-electron chi connectivity index (χ3n) is 3.29. The predicted molar refractivity (Wildman–Crippen MR) is 94.4 cm³/mol. The summed E-state index contributed by atoms with van der Waals surface area (Å²) >= 11 is 7.20. The third kappa shape index (κ3) is 4.35. The van der Waals surface area contributed by atoms with Crippen molar-refractivity contribution in [1.29, 1.82) is 0 Å². The molecule has 0 unspecified atom stereocenters. The second-order valence-electron chi connectivity index (χ2n) is 5.12. The molecule has 0 saturated heterocycles. The van der Waals surface area contributed by atoms with Crippen molar-refractivity contribution < 1.29 is 18.3 Å². The molecular weight excluding hydrogens is 368 g/mol. The Kier molecular flexibility index (Phi) is 5.31. The fourth-order valence-corrected chi connectivity index (χ4v) is 3.05. The van der Waals surface area contributed by atoms with E-state index in [1.54, 1.807) is 35.7 Å². The van der Waals surface area contributed by atoms with Crippen LogP contribution in [0.4, 0.5) is 14.5 Å². The van der Waals surface area contributed by atoms with Crippen molar-refractivity contribution in [2.75, 3.05) is 5.32 Å². The van der Waals surface area contributed by atoms with E-state index in [0.717, 1.165) is 23.8 Å². The van der Waals surface area contributed by atoms with Crippen molar-refractivity contribution in [2.45, 2.75) is 6.61 Å². The molecule has 128 valence electrons. The lowest BCUT2D eigenvalue weighted by Crippen LogP contribution is -2.11. The number of para-hydroxylation sites is 1. The number of hydrogen-bond donors (Lipinski definition) is 1. The first kappa shape index (κ1) is 17.4. The largest absolute Gasteiger partial charge is 0.487 e. The Morgan fingerprint density at radius 2 is 1.96 bits per heavy atom. The number of ether oxygens (including phenoxy) is 1. The molecule has 1 N–H and O–H groups in total. The molecule has 0 aliphatic rings. The van der Waals surface area contributed by atoms with Crippen molar-refractivity contribution >= 4 is 34.5 Å². The van der Waals surface area contributed by atoms with Gasteiger partial charge in [-0.2, -0.15) is 0 Å². The van der Waals surface area contributed by atoms with E-state index in [1.165, 1.54) is 11.3 Å². The SMILES string of the molecule is O=C(Nc1cc(F)ccc1F)c1cc(COc2ccccc2Cl)cs1. The van der Waals surface area contributed by atoms with Crippen molar-refractivity contribution in [2.24, 2.45) is 0 Å². The monoisotopic (exact) mass is 379 g/mol. The molecule has 0 atom stereocenters. The fourth-order valence-electron chi connectivity index (χ4n) is 2.07. The molecule has 0 bridgehead atoms. The van der Waals surface area contributed by atoms with E-state index in [4.69, 9.17) is 16.3 Å². The van der Waals surface area contributed by atoms with Gasteiger partial charge in [0, 0.05) is 11.6 Å². The Balaban J connectivity index is 1.65. The molecule has 0 saturated carbocycles. The second kappa shape index (κ2) is 7.63. The normalized spacial score (nSPS) is 10.5. The van der Waals surface area contributed by atoms with Gasteiger partial charge >= 0.3 is 0 Å². The van der Waals surface area contributed by atoms with Crippen molar-refractivity contribution in [3.8, 4) is 5.75 Å². The lowest BCUT2D eigenvalue weighted by Gasteiger charge is -2.06. The molecule has 0 fully saturated rings. The standard InChI is InChI=1S/C18H12ClF2NO2S/c19-13-3-1-2-4-16(13)24-9-11-7-17(25-10-11)18(23)22-15-8-12(20)5-6-14(15)21/h1-8,10H,9H2,(H,22,23). The van der Waals surface area contributed by atoms with Crippen LogP contribution < -0.4 is 10.1 Å². The zero-order valence-corrected chi connectivity index (χ0v) is 14.3. The van der Waals surface area contributed by atoms with E-state index in [-0.39, 0.29) is 12.3 Å². The summed E-state index contributed by atoms with van der Waals surface area (Å²) in [6, 6.07) is 11.6. The second-order valence-corrected chi connectivity index (χ2v) is 6.44. The highest BCUT2D eigenvalue weighted by Gasteiger charge is 2.13. The zero-order chi connectivity index (χ0) is 17.8. The number of halogens is 3. The van der Waals surface area contributed by atoms with Gasteiger partial charge in [0.2, 0.25) is 0 Å². The maximum Gasteiger partial charge on any atom is 0.265 e. The minimum atomic E-state index is -0.700. The molecular formula is C18H12ClF2NO2S. The Hall–Kier alpha value is -2.44. The fraction of sp³-hybridized carbons (Fsp3) is 0.0556. The molecule has 0 aliphatic heterocycles. The molecule has 0 radical (unpaired) electrons. The number of amides is 1. The zero-order valence-electron chi connectivity index (χ0n) is 12.8. The van der Waals surface area contributed by atoms with Crippen LogP contribution in [0.25, 0.3) is 0 Å². The Morgan fingerprint density at radius 3 is 2.76 bits per heavy atom. The molecule has 2 aromatic carbocycles. The first-order chi connectivity index (χ1) is 12.0. The van der Waals surface area contributed by atoms with Gasteiger partial charge in [0.15, 0.2) is 0 Å². The molecule has 25 heavy (non-hydrogen) atoms. The lowest BCUT2D eigenvalue weighted by molar-refractivity contribution is 0.103. The number of nitrogens with one attached hydrogen (secondary N) is 1. The third-order valence-corrected chi connectivity index (χ3v) is 4.58. The smallest absolute Gasteiger partial charge is 0.265 e. The number of rotatable bonds is 5. The van der Waals surface area contributed by atoms with E-state index >= 15 is 0 Å². The number of carbonyl (C=O) groups excluding carboxylic acids is 1. The molecule has 0 spiro atoms. The topological polar surface area (TPSA) is 38.3 Å². The van der Waals surface area contributed by atoms with Gasteiger partial charge in [-0.1, -0.05) is 23.7 Å². The summed E-state index contributed by atoms with van der Waals surface area (Å²) in [5, 5.41) is 4.61. The quantitative estimate of drug-likeness (QED) is 0.634. The first-order valence-electron chi connectivity index (χ1n) is 7.24. The molecule has 7 heteroatoms. The number of benzene rings is 2. The van der Waals surface area contributed by atoms with Gasteiger partial charge < -0.3 is 10.1 Å². The van der Waals surface area contributed by atoms with Gasteiger partial charge in [-0.3, -0.25) is 4.79 Å². The minimum Gasteiger partial charge on any atom is -0.487 e. The summed E-state index contributed by atoms with van der Waals surface area (Å²) in [4.78, 5) is 12.5. The average Bonchev–Trinajstić information content (AvgIpc) is 3.06. The highest BCUT2D eigenvalue weighted by Crippen LogP contribution is 2.25. The van der Waals surface area contributed by atoms with E-state index in [9.17, 15) is 13.6 Å². The molecule has 0 aliphatic carbocycles. The van der Waals surface area contributed by atoms with Crippen LogP contribution in [-0.4, -0.2) is 5.91 Å². The Morgan fingerprint density at radius 1 is 1.16 bits per heavy atom. The van der Waals surface area contributed by atoms with Crippen molar-refractivity contribution in [1.82, 2.24) is 0 Å². The van der Waals surface area contributed by atoms with Crippen LogP contribution in [0.1, 0.15) is 15.2 Å². The first-order valence-corrected chi connectivity index (χ1v) is 8.50. The maximum atomic E-state index is 13.6. The molecule has 3 nitrogen and oxygen atoms in total. The molecule has 1 heterocycles. The van der Waals surface area contributed by atoms with E-state index < -0.39 is 17.5 Å². The van der Waals surface area contributed by atoms with Crippen molar-refractivity contribution in [3.63, 3.8) is 0 Å². The van der Waals surface area contributed by atoms with Gasteiger partial charge in [0.25, 0.3) is 5.91 Å². The number of anilines is 1. The summed E-state index contributed by atoms with van der Waals surface area (Å²) in [5.74, 6) is -1.30. The Labute approximate surface area is 151 Å². The predicted octanol–water partition coefficient (Wildman–Crippen LogP) is 5.51. The summed E-state index contributed by atoms with van der Waals surface area (Å²) in [6.07, 6.45) is 0. The van der Waals surface area contributed by atoms with Gasteiger partial charge in [-0.15, -0.1) is 11.3 Å². The van der Waals surface area contributed by atoms with Gasteiger partial charge in [-0.25, -0.2) is 8.78 Å². The molecule has 3 aromatic rings. The number of carbonyl (C=O) groups is 1. The minimum absolute atomic E-state index is 0.202. The summed E-state index contributed by atoms with van der Waals surface area (Å²) in [6.45, 7) is 0.238. The highest BCUT2D eigenvalue weighted by atomic mass is 35.5. The van der Waals surface area contributed by atoms with Crippen LogP contribution in [0.15, 0.2) is 53.9 Å². The van der Waals surface area contributed by atoms with Crippen LogP contribution >= 0.6 is 22.9 Å². The van der Waals surface area contributed by atoms with Crippen LogP contribution in [0, 0.1) is 11.6 Å². The van der Waals surface area contributed by atoms with Crippen molar-refractivity contribution in [3.05, 3.63) is 81.0 Å². The summed E-state index contributed by atoms with van der Waals surface area (Å²) in [7, 11) is 0. The lowest BCUT2D eigenvalue weighted by atomic mass is 10.2. The molecule has 3 rings (SSSR count). The number of thiophene rings is 1. The van der Waals surface area contributed by atoms with E-state index in [2.05, 4.69) is 5.32 Å². The van der Waals surface area contributed by atoms with Gasteiger partial charge in [0.05, 0.1) is 15.6 Å². The maximum absolute atomic E-state index is 13.6. The Bertz CT molecular complexity index is 914. The van der Waals surface area contributed by atoms with Gasteiger partial charge in [0.1, 0.15) is 24.0 Å². The number of hydrogen-bond acceptors (Lipinski definition) is 3. The van der Waals surface area contributed by atoms with E-state index in [1.807, 2.05) is 0 Å². The average molecular weight is 380 g/mol. The van der Waals surface area contributed by atoms with Crippen LogP contribution in [0.2, 0.25) is 5.02 Å². The summed E-state index contributed by atoms with van der Waals surface area (Å²) < 4.78 is 32.3. The van der Waals surface area contributed by atoms with Gasteiger partial charge in [-0.05, 0) is 35.7 Å².